The Morgan fingerprint density at radius 3 is 3.00 bits per heavy atom. The van der Waals surface area contributed by atoms with Crippen LogP contribution in [0.2, 0.25) is 5.02 Å². The van der Waals surface area contributed by atoms with E-state index in [0.29, 0.717) is 30.8 Å². The molecular weight excluding hydrogens is 276 g/mol. The van der Waals surface area contributed by atoms with Gasteiger partial charge in [-0.3, -0.25) is 0 Å². The van der Waals surface area contributed by atoms with E-state index in [1.54, 1.807) is 0 Å². The molecule has 1 aliphatic heterocycles. The largest absolute Gasteiger partial charge is 0.389 e. The SMILES string of the molecule is CN1CCC(NCC(O)COCc2ccccc2Cl)C1. The summed E-state index contributed by atoms with van der Waals surface area (Å²) in [4.78, 5) is 2.29. The highest BCUT2D eigenvalue weighted by Crippen LogP contribution is 2.15. The molecule has 0 radical (unpaired) electrons. The fourth-order valence-corrected chi connectivity index (χ4v) is 2.57. The van der Waals surface area contributed by atoms with Gasteiger partial charge in [0.15, 0.2) is 0 Å². The molecule has 0 aromatic heterocycles. The van der Waals surface area contributed by atoms with Crippen LogP contribution in [0, 0.1) is 0 Å². The highest BCUT2D eigenvalue weighted by molar-refractivity contribution is 6.31. The first-order chi connectivity index (χ1) is 9.65. The van der Waals surface area contributed by atoms with Crippen molar-refractivity contribution in [2.24, 2.45) is 0 Å². The van der Waals surface area contributed by atoms with E-state index in [2.05, 4.69) is 17.3 Å². The summed E-state index contributed by atoms with van der Waals surface area (Å²) >= 11 is 6.04. The maximum absolute atomic E-state index is 9.89. The number of ether oxygens (including phenoxy) is 1. The van der Waals surface area contributed by atoms with Gasteiger partial charge in [0, 0.05) is 24.2 Å². The van der Waals surface area contributed by atoms with Crippen LogP contribution < -0.4 is 5.32 Å². The Balaban J connectivity index is 1.60. The van der Waals surface area contributed by atoms with Gasteiger partial charge in [0.25, 0.3) is 0 Å². The van der Waals surface area contributed by atoms with E-state index < -0.39 is 6.10 Å². The fourth-order valence-electron chi connectivity index (χ4n) is 2.38. The van der Waals surface area contributed by atoms with E-state index in [1.165, 1.54) is 0 Å². The van der Waals surface area contributed by atoms with Gasteiger partial charge in [0.2, 0.25) is 0 Å². The van der Waals surface area contributed by atoms with Crippen molar-refractivity contribution in [1.29, 1.82) is 0 Å². The predicted octanol–water partition coefficient (Wildman–Crippen LogP) is 1.51. The van der Waals surface area contributed by atoms with Crippen molar-refractivity contribution in [2.75, 3.05) is 33.3 Å². The summed E-state index contributed by atoms with van der Waals surface area (Å²) in [6, 6.07) is 8.08. The number of likely N-dealkylation sites (tertiary alicyclic amines) is 1. The minimum absolute atomic E-state index is 0.320. The normalized spacial score (nSPS) is 21.2. The van der Waals surface area contributed by atoms with E-state index >= 15 is 0 Å². The van der Waals surface area contributed by atoms with Crippen molar-refractivity contribution in [1.82, 2.24) is 10.2 Å². The second-order valence-electron chi connectivity index (χ2n) is 5.42. The van der Waals surface area contributed by atoms with Crippen molar-refractivity contribution in [3.05, 3.63) is 34.9 Å². The number of aliphatic hydroxyl groups excluding tert-OH is 1. The van der Waals surface area contributed by atoms with E-state index in [-0.39, 0.29) is 0 Å². The number of halogens is 1. The van der Waals surface area contributed by atoms with E-state index in [4.69, 9.17) is 16.3 Å². The highest BCUT2D eigenvalue weighted by atomic mass is 35.5. The predicted molar refractivity (Wildman–Crippen MR) is 81.0 cm³/mol. The summed E-state index contributed by atoms with van der Waals surface area (Å²) < 4.78 is 5.51. The summed E-state index contributed by atoms with van der Waals surface area (Å²) in [6.45, 7) is 3.49. The Morgan fingerprint density at radius 2 is 2.30 bits per heavy atom. The Bertz CT molecular complexity index is 417. The third kappa shape index (κ3) is 5.04. The van der Waals surface area contributed by atoms with Crippen LogP contribution in [0.5, 0.6) is 0 Å². The van der Waals surface area contributed by atoms with Gasteiger partial charge in [0.1, 0.15) is 0 Å². The van der Waals surface area contributed by atoms with Crippen LogP contribution >= 0.6 is 11.6 Å². The van der Waals surface area contributed by atoms with Crippen LogP contribution in [0.3, 0.4) is 0 Å². The summed E-state index contributed by atoms with van der Waals surface area (Å²) in [5.74, 6) is 0. The summed E-state index contributed by atoms with van der Waals surface area (Å²) in [6.07, 6.45) is 0.660. The van der Waals surface area contributed by atoms with E-state index in [1.807, 2.05) is 24.3 Å². The van der Waals surface area contributed by atoms with Crippen molar-refractivity contribution in [2.45, 2.75) is 25.2 Å². The van der Waals surface area contributed by atoms with Crippen LogP contribution in [0.15, 0.2) is 24.3 Å². The van der Waals surface area contributed by atoms with Gasteiger partial charge >= 0.3 is 0 Å². The van der Waals surface area contributed by atoms with Gasteiger partial charge in [-0.05, 0) is 31.6 Å². The smallest absolute Gasteiger partial charge is 0.0897 e. The molecule has 5 heteroatoms. The van der Waals surface area contributed by atoms with Crippen molar-refractivity contribution in [3.8, 4) is 0 Å². The Kier molecular flexibility index (Phi) is 6.26. The molecule has 2 N–H and O–H groups in total. The average molecular weight is 299 g/mol. The zero-order valence-electron chi connectivity index (χ0n) is 11.9. The maximum atomic E-state index is 9.89. The van der Waals surface area contributed by atoms with Crippen LogP contribution in [0.1, 0.15) is 12.0 Å². The molecule has 0 saturated carbocycles. The first-order valence-corrected chi connectivity index (χ1v) is 7.44. The molecule has 20 heavy (non-hydrogen) atoms. The second-order valence-corrected chi connectivity index (χ2v) is 5.82. The van der Waals surface area contributed by atoms with Gasteiger partial charge < -0.3 is 20.1 Å². The lowest BCUT2D eigenvalue weighted by Gasteiger charge is -2.16. The highest BCUT2D eigenvalue weighted by Gasteiger charge is 2.19. The first-order valence-electron chi connectivity index (χ1n) is 7.06. The summed E-state index contributed by atoms with van der Waals surface area (Å²) in [7, 11) is 2.12. The molecule has 1 saturated heterocycles. The zero-order valence-corrected chi connectivity index (χ0v) is 12.6. The van der Waals surface area contributed by atoms with Gasteiger partial charge in [0.05, 0.1) is 19.3 Å². The Labute approximate surface area is 125 Å². The molecule has 0 aliphatic carbocycles. The Hall–Kier alpha value is -0.650. The lowest BCUT2D eigenvalue weighted by atomic mass is 10.2. The molecule has 1 aromatic rings. The molecule has 2 unspecified atom stereocenters. The van der Waals surface area contributed by atoms with Crippen LogP contribution in [0.4, 0.5) is 0 Å². The number of rotatable bonds is 7. The molecule has 0 spiro atoms. The third-order valence-corrected chi connectivity index (χ3v) is 3.93. The Morgan fingerprint density at radius 1 is 1.50 bits per heavy atom. The number of nitrogens with zero attached hydrogens (tertiary/aromatic N) is 1. The quantitative estimate of drug-likeness (QED) is 0.801. The number of nitrogens with one attached hydrogen (secondary N) is 1. The van der Waals surface area contributed by atoms with Gasteiger partial charge in [-0.25, -0.2) is 0 Å². The van der Waals surface area contributed by atoms with E-state index in [0.717, 1.165) is 25.1 Å². The van der Waals surface area contributed by atoms with Crippen molar-refractivity contribution in [3.63, 3.8) is 0 Å². The lowest BCUT2D eigenvalue weighted by molar-refractivity contribution is 0.0278. The molecule has 1 fully saturated rings. The zero-order chi connectivity index (χ0) is 14.4. The summed E-state index contributed by atoms with van der Waals surface area (Å²) in [5.41, 5.74) is 0.951. The molecule has 0 amide bonds. The van der Waals surface area contributed by atoms with Gasteiger partial charge in [-0.15, -0.1) is 0 Å². The minimum atomic E-state index is -0.483. The third-order valence-electron chi connectivity index (χ3n) is 3.56. The molecule has 2 atom stereocenters. The number of hydrogen-bond acceptors (Lipinski definition) is 4. The number of benzene rings is 1. The standard InChI is InChI=1S/C15H23ClN2O2/c1-18-7-6-13(9-18)17-8-14(19)11-20-10-12-4-2-3-5-15(12)16/h2-5,13-14,17,19H,6-11H2,1H3. The van der Waals surface area contributed by atoms with Crippen molar-refractivity contribution < 1.29 is 9.84 Å². The topological polar surface area (TPSA) is 44.7 Å². The monoisotopic (exact) mass is 298 g/mol. The number of aliphatic hydroxyl groups is 1. The molecule has 1 heterocycles. The van der Waals surface area contributed by atoms with Crippen LogP contribution in [-0.4, -0.2) is 55.4 Å². The molecule has 4 nitrogen and oxygen atoms in total. The number of hydrogen-bond donors (Lipinski definition) is 2. The van der Waals surface area contributed by atoms with Crippen LogP contribution in [-0.2, 0) is 11.3 Å². The molecule has 2 rings (SSSR count). The average Bonchev–Trinajstić information content (AvgIpc) is 2.84. The summed E-state index contributed by atoms with van der Waals surface area (Å²) in [5, 5.41) is 14.0. The lowest BCUT2D eigenvalue weighted by Crippen LogP contribution is -2.38. The molecule has 0 bridgehead atoms. The molecular formula is C15H23ClN2O2. The van der Waals surface area contributed by atoms with Crippen molar-refractivity contribution >= 4 is 11.6 Å². The number of likely N-dealkylation sites (N-methyl/N-ethyl adjacent to an activating group) is 1. The molecule has 1 aliphatic rings. The van der Waals surface area contributed by atoms with Gasteiger partial charge in [-0.1, -0.05) is 29.8 Å². The fraction of sp³-hybridized carbons (Fsp3) is 0.600. The second kappa shape index (κ2) is 7.96. The van der Waals surface area contributed by atoms with E-state index in [9.17, 15) is 5.11 Å². The maximum Gasteiger partial charge on any atom is 0.0897 e. The van der Waals surface area contributed by atoms with Crippen LogP contribution in [0.25, 0.3) is 0 Å². The molecule has 1 aromatic carbocycles. The first kappa shape index (κ1) is 15.7. The minimum Gasteiger partial charge on any atom is -0.389 e. The molecule has 112 valence electrons. The van der Waals surface area contributed by atoms with Gasteiger partial charge in [-0.2, -0.15) is 0 Å².